The summed E-state index contributed by atoms with van der Waals surface area (Å²) in [4.78, 5) is 6.95. The highest BCUT2D eigenvalue weighted by molar-refractivity contribution is 5.35. The van der Waals surface area contributed by atoms with E-state index in [0.717, 1.165) is 49.1 Å². The molecule has 2 aromatic carbocycles. The first-order valence-corrected chi connectivity index (χ1v) is 9.62. The number of rotatable bonds is 6. The topological polar surface area (TPSA) is 60.6 Å². The number of para-hydroxylation sites is 1. The zero-order valence-corrected chi connectivity index (χ0v) is 15.8. The van der Waals surface area contributed by atoms with Crippen LogP contribution < -0.4 is 10.5 Å². The molecule has 1 aliphatic rings. The van der Waals surface area contributed by atoms with Gasteiger partial charge >= 0.3 is 0 Å². The van der Waals surface area contributed by atoms with E-state index < -0.39 is 0 Å². The summed E-state index contributed by atoms with van der Waals surface area (Å²) in [6.07, 6.45) is 1.83. The van der Waals surface area contributed by atoms with E-state index in [1.807, 2.05) is 79.0 Å². The van der Waals surface area contributed by atoms with Crippen molar-refractivity contribution < 1.29 is 9.47 Å². The van der Waals surface area contributed by atoms with Crippen molar-refractivity contribution in [1.82, 2.24) is 9.88 Å². The van der Waals surface area contributed by atoms with Gasteiger partial charge in [0.25, 0.3) is 0 Å². The van der Waals surface area contributed by atoms with Crippen molar-refractivity contribution in [3.63, 3.8) is 0 Å². The van der Waals surface area contributed by atoms with Gasteiger partial charge in [0, 0.05) is 19.3 Å². The molecule has 1 aromatic heterocycles. The molecule has 4 rings (SSSR count). The van der Waals surface area contributed by atoms with Gasteiger partial charge in [-0.15, -0.1) is 0 Å². The average molecular weight is 375 g/mol. The Morgan fingerprint density at radius 2 is 1.54 bits per heavy atom. The highest BCUT2D eigenvalue weighted by Gasteiger charge is 2.30. The van der Waals surface area contributed by atoms with Gasteiger partial charge in [0.1, 0.15) is 11.5 Å². The Labute approximate surface area is 165 Å². The van der Waals surface area contributed by atoms with Gasteiger partial charge < -0.3 is 15.2 Å². The van der Waals surface area contributed by atoms with Crippen LogP contribution in [0.2, 0.25) is 0 Å². The third kappa shape index (κ3) is 4.39. The summed E-state index contributed by atoms with van der Waals surface area (Å²) < 4.78 is 11.4. The fourth-order valence-electron chi connectivity index (χ4n) is 3.57. The van der Waals surface area contributed by atoms with Crippen LogP contribution in [0.15, 0.2) is 79.0 Å². The van der Waals surface area contributed by atoms with Crippen molar-refractivity contribution in [3.05, 3.63) is 90.3 Å². The maximum atomic E-state index is 6.74. The average Bonchev–Trinajstić information content (AvgIpc) is 2.77. The van der Waals surface area contributed by atoms with Crippen LogP contribution in [0.3, 0.4) is 0 Å². The van der Waals surface area contributed by atoms with Crippen LogP contribution in [-0.2, 0) is 4.74 Å². The number of benzene rings is 2. The molecule has 1 fully saturated rings. The fraction of sp³-hybridized carbons (Fsp3) is 0.261. The van der Waals surface area contributed by atoms with Crippen LogP contribution in [0.5, 0.6) is 11.5 Å². The fourth-order valence-corrected chi connectivity index (χ4v) is 3.57. The lowest BCUT2D eigenvalue weighted by molar-refractivity contribution is 0.00916. The van der Waals surface area contributed by atoms with E-state index in [1.165, 1.54) is 0 Å². The molecule has 0 radical (unpaired) electrons. The standard InChI is InChI=1S/C23H25N3O2/c24-22(18-9-11-20(12-10-18)28-19-6-2-1-3-7-19)23(21-8-4-5-13-25-21)26-14-16-27-17-15-26/h1-13,22-23H,14-17,24H2. The molecule has 2 N–H and O–H groups in total. The second kappa shape index (κ2) is 8.97. The maximum absolute atomic E-state index is 6.74. The second-order valence-electron chi connectivity index (χ2n) is 6.86. The minimum atomic E-state index is -0.196. The molecule has 28 heavy (non-hydrogen) atoms. The Bertz CT molecular complexity index is 850. The van der Waals surface area contributed by atoms with Crippen LogP contribution in [0.1, 0.15) is 23.3 Å². The monoisotopic (exact) mass is 375 g/mol. The van der Waals surface area contributed by atoms with Gasteiger partial charge in [0.2, 0.25) is 0 Å². The van der Waals surface area contributed by atoms with Crippen LogP contribution in [-0.4, -0.2) is 36.2 Å². The molecule has 2 atom stereocenters. The molecule has 3 aromatic rings. The Morgan fingerprint density at radius 3 is 2.21 bits per heavy atom. The van der Waals surface area contributed by atoms with Crippen LogP contribution >= 0.6 is 0 Å². The van der Waals surface area contributed by atoms with Gasteiger partial charge in [-0.2, -0.15) is 0 Å². The third-order valence-electron chi connectivity index (χ3n) is 5.01. The summed E-state index contributed by atoms with van der Waals surface area (Å²) in [5.41, 5.74) is 8.79. The van der Waals surface area contributed by atoms with Crippen molar-refractivity contribution in [3.8, 4) is 11.5 Å². The molecule has 144 valence electrons. The zero-order chi connectivity index (χ0) is 19.2. The van der Waals surface area contributed by atoms with Crippen LogP contribution in [0.4, 0.5) is 0 Å². The molecular weight excluding hydrogens is 350 g/mol. The Kier molecular flexibility index (Phi) is 5.97. The summed E-state index contributed by atoms with van der Waals surface area (Å²) in [5.74, 6) is 1.61. The van der Waals surface area contributed by atoms with Gasteiger partial charge in [-0.1, -0.05) is 36.4 Å². The molecule has 0 aliphatic carbocycles. The lowest BCUT2D eigenvalue weighted by atomic mass is 9.95. The van der Waals surface area contributed by atoms with Gasteiger partial charge in [-0.25, -0.2) is 0 Å². The van der Waals surface area contributed by atoms with Gasteiger partial charge in [0.15, 0.2) is 0 Å². The van der Waals surface area contributed by atoms with Crippen molar-refractivity contribution in [2.75, 3.05) is 26.3 Å². The predicted octanol–water partition coefficient (Wildman–Crippen LogP) is 3.95. The van der Waals surface area contributed by atoms with Gasteiger partial charge in [-0.3, -0.25) is 9.88 Å². The SMILES string of the molecule is NC(c1ccc(Oc2ccccc2)cc1)C(c1ccccn1)N1CCOCC1. The lowest BCUT2D eigenvalue weighted by Gasteiger charge is -2.37. The van der Waals surface area contributed by atoms with E-state index in [-0.39, 0.29) is 12.1 Å². The highest BCUT2D eigenvalue weighted by atomic mass is 16.5. The van der Waals surface area contributed by atoms with E-state index >= 15 is 0 Å². The first-order chi connectivity index (χ1) is 13.8. The van der Waals surface area contributed by atoms with Crippen LogP contribution in [0, 0.1) is 0 Å². The minimum Gasteiger partial charge on any atom is -0.457 e. The first kappa shape index (κ1) is 18.6. The molecule has 0 spiro atoms. The molecule has 0 amide bonds. The Balaban J connectivity index is 1.55. The van der Waals surface area contributed by atoms with Crippen molar-refractivity contribution >= 4 is 0 Å². The number of pyridine rings is 1. The van der Waals surface area contributed by atoms with E-state index in [9.17, 15) is 0 Å². The summed E-state index contributed by atoms with van der Waals surface area (Å²) in [6, 6.07) is 23.6. The molecule has 0 saturated carbocycles. The van der Waals surface area contributed by atoms with E-state index in [0.29, 0.717) is 0 Å². The predicted molar refractivity (Wildman–Crippen MR) is 109 cm³/mol. The van der Waals surface area contributed by atoms with Crippen LogP contribution in [0.25, 0.3) is 0 Å². The molecule has 2 heterocycles. The quantitative estimate of drug-likeness (QED) is 0.707. The van der Waals surface area contributed by atoms with Crippen molar-refractivity contribution in [2.24, 2.45) is 5.73 Å². The molecule has 5 heteroatoms. The Hall–Kier alpha value is -2.73. The summed E-state index contributed by atoms with van der Waals surface area (Å²) in [7, 11) is 0. The molecule has 1 saturated heterocycles. The Morgan fingerprint density at radius 1 is 0.857 bits per heavy atom. The normalized spacial score (nSPS) is 17.0. The maximum Gasteiger partial charge on any atom is 0.127 e. The zero-order valence-electron chi connectivity index (χ0n) is 15.8. The number of morpholine rings is 1. The van der Waals surface area contributed by atoms with Crippen molar-refractivity contribution in [2.45, 2.75) is 12.1 Å². The molecule has 2 unspecified atom stereocenters. The molecule has 0 bridgehead atoms. The number of hydrogen-bond acceptors (Lipinski definition) is 5. The number of hydrogen-bond donors (Lipinski definition) is 1. The number of nitrogens with zero attached hydrogens (tertiary/aromatic N) is 2. The molecule has 5 nitrogen and oxygen atoms in total. The summed E-state index contributed by atoms with van der Waals surface area (Å²) in [6.45, 7) is 3.15. The molecule has 1 aliphatic heterocycles. The largest absolute Gasteiger partial charge is 0.457 e. The minimum absolute atomic E-state index is 0.00555. The number of aromatic nitrogens is 1. The molecular formula is C23H25N3O2. The second-order valence-corrected chi connectivity index (χ2v) is 6.86. The van der Waals surface area contributed by atoms with Gasteiger partial charge in [0.05, 0.1) is 31.0 Å². The third-order valence-corrected chi connectivity index (χ3v) is 5.01. The van der Waals surface area contributed by atoms with E-state index in [2.05, 4.69) is 9.88 Å². The van der Waals surface area contributed by atoms with E-state index in [1.54, 1.807) is 0 Å². The van der Waals surface area contributed by atoms with E-state index in [4.69, 9.17) is 15.2 Å². The number of nitrogens with two attached hydrogens (primary N) is 1. The van der Waals surface area contributed by atoms with Crippen molar-refractivity contribution in [1.29, 1.82) is 0 Å². The highest BCUT2D eigenvalue weighted by Crippen LogP contribution is 2.33. The van der Waals surface area contributed by atoms with Gasteiger partial charge in [-0.05, 0) is 42.0 Å². The first-order valence-electron chi connectivity index (χ1n) is 9.62. The lowest BCUT2D eigenvalue weighted by Crippen LogP contribution is -2.43. The number of ether oxygens (including phenoxy) is 2. The summed E-state index contributed by atoms with van der Waals surface area (Å²) in [5, 5.41) is 0. The smallest absolute Gasteiger partial charge is 0.127 e. The summed E-state index contributed by atoms with van der Waals surface area (Å²) >= 11 is 0.